The molecule has 4 aromatic rings. The molecule has 1 aromatic heterocycles. The molecule has 0 aliphatic carbocycles. The smallest absolute Gasteiger partial charge is 0.266 e. The van der Waals surface area contributed by atoms with Crippen LogP contribution >= 0.6 is 11.6 Å². The van der Waals surface area contributed by atoms with E-state index >= 15 is 0 Å². The molecule has 1 amide bonds. The van der Waals surface area contributed by atoms with Gasteiger partial charge in [-0.3, -0.25) is 4.79 Å². The molecule has 0 aliphatic heterocycles. The van der Waals surface area contributed by atoms with Crippen molar-refractivity contribution < 1.29 is 9.18 Å². The van der Waals surface area contributed by atoms with Crippen LogP contribution in [0.15, 0.2) is 72.3 Å². The lowest BCUT2D eigenvalue weighted by Crippen LogP contribution is -2.14. The number of hydrogen-bond donors (Lipinski definition) is 1. The fraction of sp³-hybridized carbons (Fsp3) is 0.111. The number of hydrogen-bond acceptors (Lipinski definition) is 2. The van der Waals surface area contributed by atoms with Crippen LogP contribution < -0.4 is 5.32 Å². The highest BCUT2D eigenvalue weighted by Crippen LogP contribution is 2.29. The van der Waals surface area contributed by atoms with Crippen LogP contribution in [0.4, 0.5) is 10.1 Å². The number of amides is 1. The number of aryl methyl sites for hydroxylation is 1. The fourth-order valence-electron chi connectivity index (χ4n) is 3.91. The van der Waals surface area contributed by atoms with Crippen LogP contribution in [0.2, 0.25) is 5.02 Å². The monoisotopic (exact) mass is 457 g/mol. The van der Waals surface area contributed by atoms with Crippen LogP contribution in [0.1, 0.15) is 22.4 Å². The first-order valence-corrected chi connectivity index (χ1v) is 10.8. The van der Waals surface area contributed by atoms with E-state index in [9.17, 15) is 14.4 Å². The molecule has 0 unspecified atom stereocenters. The Labute approximate surface area is 196 Å². The molecule has 0 aliphatic rings. The Kier molecular flexibility index (Phi) is 6.30. The lowest BCUT2D eigenvalue weighted by Gasteiger charge is -2.09. The van der Waals surface area contributed by atoms with Crippen molar-refractivity contribution >= 4 is 40.2 Å². The van der Waals surface area contributed by atoms with Gasteiger partial charge in [0.2, 0.25) is 0 Å². The van der Waals surface area contributed by atoms with E-state index in [4.69, 9.17) is 11.6 Å². The van der Waals surface area contributed by atoms with Crippen LogP contribution in [0, 0.1) is 31.0 Å². The van der Waals surface area contributed by atoms with E-state index in [0.29, 0.717) is 17.3 Å². The average Bonchev–Trinajstić information content (AvgIpc) is 3.05. The van der Waals surface area contributed by atoms with Crippen molar-refractivity contribution in [3.05, 3.63) is 106 Å². The van der Waals surface area contributed by atoms with E-state index in [0.717, 1.165) is 33.3 Å². The third-order valence-corrected chi connectivity index (χ3v) is 5.83. The minimum atomic E-state index is -0.496. The molecular weight excluding hydrogens is 437 g/mol. The number of nitriles is 1. The number of fused-ring (bicyclic) bond motifs is 1. The van der Waals surface area contributed by atoms with Gasteiger partial charge in [-0.05, 0) is 67.4 Å². The molecule has 1 heterocycles. The van der Waals surface area contributed by atoms with Crippen LogP contribution in [0.25, 0.3) is 17.0 Å². The largest absolute Gasteiger partial charge is 0.340 e. The summed E-state index contributed by atoms with van der Waals surface area (Å²) in [6, 6.07) is 21.4. The molecule has 164 valence electrons. The third-order valence-electron chi connectivity index (χ3n) is 5.60. The molecule has 0 fully saturated rings. The minimum absolute atomic E-state index is 0.0129. The van der Waals surface area contributed by atoms with Gasteiger partial charge in [0, 0.05) is 39.4 Å². The molecule has 0 atom stereocenters. The van der Waals surface area contributed by atoms with E-state index in [1.807, 2.05) is 50.2 Å². The molecule has 33 heavy (non-hydrogen) atoms. The van der Waals surface area contributed by atoms with Crippen molar-refractivity contribution in [1.29, 1.82) is 5.26 Å². The summed E-state index contributed by atoms with van der Waals surface area (Å²) in [5.41, 5.74) is 4.81. The number of benzene rings is 3. The molecule has 4 nitrogen and oxygen atoms in total. The maximum atomic E-state index is 13.7. The Morgan fingerprint density at radius 2 is 1.91 bits per heavy atom. The quantitative estimate of drug-likeness (QED) is 0.269. The highest BCUT2D eigenvalue weighted by molar-refractivity contribution is 6.30. The molecule has 4 rings (SSSR count). The number of nitrogens with zero attached hydrogens (tertiary/aromatic N) is 2. The standard InChI is InChI=1S/C27H21ClFN3O/c1-17-12-21(28)10-11-25(17)31-27(33)20(15-30)14-24-18(2)32(26-9-4-3-8-23(24)26)16-19-6-5-7-22(29)13-19/h3-14H,16H2,1-2H3,(H,31,33)/b20-14+. The third kappa shape index (κ3) is 4.67. The molecule has 0 bridgehead atoms. The molecule has 0 spiro atoms. The van der Waals surface area contributed by atoms with Gasteiger partial charge >= 0.3 is 0 Å². The van der Waals surface area contributed by atoms with Crippen molar-refractivity contribution in [2.75, 3.05) is 5.32 Å². The number of aromatic nitrogens is 1. The lowest BCUT2D eigenvalue weighted by molar-refractivity contribution is -0.112. The summed E-state index contributed by atoms with van der Waals surface area (Å²) in [5.74, 6) is -0.785. The zero-order valence-electron chi connectivity index (χ0n) is 18.2. The van der Waals surface area contributed by atoms with Gasteiger partial charge in [0.1, 0.15) is 17.5 Å². The van der Waals surface area contributed by atoms with E-state index in [-0.39, 0.29) is 11.4 Å². The Bertz CT molecular complexity index is 1450. The van der Waals surface area contributed by atoms with Crippen LogP contribution in [-0.4, -0.2) is 10.5 Å². The number of para-hydroxylation sites is 1. The Balaban J connectivity index is 1.74. The van der Waals surface area contributed by atoms with E-state index < -0.39 is 5.91 Å². The Hall–Kier alpha value is -3.88. The average molecular weight is 458 g/mol. The molecule has 0 saturated heterocycles. The number of carbonyl (C=O) groups is 1. The molecule has 0 radical (unpaired) electrons. The molecule has 1 N–H and O–H groups in total. The van der Waals surface area contributed by atoms with E-state index in [1.54, 1.807) is 30.3 Å². The fourth-order valence-corrected chi connectivity index (χ4v) is 4.14. The SMILES string of the molecule is Cc1cc(Cl)ccc1NC(=O)/C(C#N)=C/c1c(C)n(Cc2cccc(F)c2)c2ccccc12. The van der Waals surface area contributed by atoms with Crippen molar-refractivity contribution in [3.8, 4) is 6.07 Å². The second-order valence-electron chi connectivity index (χ2n) is 7.82. The summed E-state index contributed by atoms with van der Waals surface area (Å²) in [6.07, 6.45) is 1.61. The van der Waals surface area contributed by atoms with Crippen molar-refractivity contribution in [1.82, 2.24) is 4.57 Å². The van der Waals surface area contributed by atoms with Gasteiger partial charge in [0.15, 0.2) is 0 Å². The van der Waals surface area contributed by atoms with Gasteiger partial charge in [0.25, 0.3) is 5.91 Å². The summed E-state index contributed by atoms with van der Waals surface area (Å²) < 4.78 is 15.8. The van der Waals surface area contributed by atoms with Crippen molar-refractivity contribution in [2.24, 2.45) is 0 Å². The highest BCUT2D eigenvalue weighted by Gasteiger charge is 2.17. The van der Waals surface area contributed by atoms with Gasteiger partial charge in [0.05, 0.1) is 0 Å². The minimum Gasteiger partial charge on any atom is -0.340 e. The van der Waals surface area contributed by atoms with E-state index in [1.165, 1.54) is 12.1 Å². The highest BCUT2D eigenvalue weighted by atomic mass is 35.5. The number of nitrogens with one attached hydrogen (secondary N) is 1. The summed E-state index contributed by atoms with van der Waals surface area (Å²) in [6.45, 7) is 4.23. The Morgan fingerprint density at radius 3 is 2.64 bits per heavy atom. The molecule has 0 saturated carbocycles. The molecule has 6 heteroatoms. The maximum absolute atomic E-state index is 13.7. The maximum Gasteiger partial charge on any atom is 0.266 e. The number of carbonyl (C=O) groups excluding carboxylic acids is 1. The normalized spacial score (nSPS) is 11.4. The number of anilines is 1. The first-order valence-electron chi connectivity index (χ1n) is 10.4. The van der Waals surface area contributed by atoms with Crippen LogP contribution in [-0.2, 0) is 11.3 Å². The summed E-state index contributed by atoms with van der Waals surface area (Å²) in [7, 11) is 0. The first-order chi connectivity index (χ1) is 15.9. The van der Waals surface area contributed by atoms with Gasteiger partial charge in [-0.15, -0.1) is 0 Å². The summed E-state index contributed by atoms with van der Waals surface area (Å²) >= 11 is 5.99. The first kappa shape index (κ1) is 22.3. The predicted octanol–water partition coefficient (Wildman–Crippen LogP) is 6.64. The van der Waals surface area contributed by atoms with Crippen molar-refractivity contribution in [2.45, 2.75) is 20.4 Å². The topological polar surface area (TPSA) is 57.8 Å². The van der Waals surface area contributed by atoms with Gasteiger partial charge < -0.3 is 9.88 Å². The lowest BCUT2D eigenvalue weighted by atomic mass is 10.1. The number of rotatable bonds is 5. The van der Waals surface area contributed by atoms with Crippen molar-refractivity contribution in [3.63, 3.8) is 0 Å². The summed E-state index contributed by atoms with van der Waals surface area (Å²) in [5, 5.41) is 14.0. The zero-order chi connectivity index (χ0) is 23.5. The van der Waals surface area contributed by atoms with E-state index in [2.05, 4.69) is 9.88 Å². The molecular formula is C27H21ClFN3O. The van der Waals surface area contributed by atoms with Gasteiger partial charge in [-0.1, -0.05) is 41.9 Å². The second kappa shape index (κ2) is 9.32. The molecule has 3 aromatic carbocycles. The van der Waals surface area contributed by atoms with Crippen LogP contribution in [0.3, 0.4) is 0 Å². The zero-order valence-corrected chi connectivity index (χ0v) is 18.9. The number of halogens is 2. The predicted molar refractivity (Wildman–Crippen MR) is 131 cm³/mol. The van der Waals surface area contributed by atoms with Crippen LogP contribution in [0.5, 0.6) is 0 Å². The van der Waals surface area contributed by atoms with Gasteiger partial charge in [-0.2, -0.15) is 5.26 Å². The van der Waals surface area contributed by atoms with Gasteiger partial charge in [-0.25, -0.2) is 4.39 Å². The summed E-state index contributed by atoms with van der Waals surface area (Å²) in [4.78, 5) is 12.9. The second-order valence-corrected chi connectivity index (χ2v) is 8.25. The Morgan fingerprint density at radius 1 is 1.12 bits per heavy atom.